The number of nitrogens with two attached hydrogens (primary N) is 1. The van der Waals surface area contributed by atoms with Gasteiger partial charge in [-0.05, 0) is 17.7 Å². The van der Waals surface area contributed by atoms with Gasteiger partial charge in [0.1, 0.15) is 0 Å². The van der Waals surface area contributed by atoms with Crippen molar-refractivity contribution >= 4 is 24.5 Å². The molecule has 0 aromatic heterocycles. The minimum Gasteiger partial charge on any atom is -0.506 e. The van der Waals surface area contributed by atoms with Crippen LogP contribution in [0.1, 0.15) is 29.3 Å². The highest BCUT2D eigenvalue weighted by Crippen LogP contribution is 2.13. The molecule has 1 amide bonds. The van der Waals surface area contributed by atoms with Crippen molar-refractivity contribution in [1.82, 2.24) is 0 Å². The number of rotatable bonds is 3. The SMILES string of the molecule is CCC(=O)OB1OCc2ccc(C(N)=O)cc21. The number of benzene rings is 1. The highest BCUT2D eigenvalue weighted by atomic mass is 16.6. The van der Waals surface area contributed by atoms with Crippen LogP contribution in [0.25, 0.3) is 0 Å². The van der Waals surface area contributed by atoms with Crippen molar-refractivity contribution in [3.05, 3.63) is 29.3 Å². The summed E-state index contributed by atoms with van der Waals surface area (Å²) >= 11 is 0. The first-order chi connectivity index (χ1) is 8.11. The van der Waals surface area contributed by atoms with Gasteiger partial charge in [0.2, 0.25) is 5.91 Å². The summed E-state index contributed by atoms with van der Waals surface area (Å²) in [5.41, 5.74) is 7.18. The van der Waals surface area contributed by atoms with Crippen LogP contribution < -0.4 is 11.2 Å². The Hall–Kier alpha value is -1.82. The van der Waals surface area contributed by atoms with E-state index in [4.69, 9.17) is 15.0 Å². The molecule has 1 heterocycles. The number of hydrogen-bond acceptors (Lipinski definition) is 4. The summed E-state index contributed by atoms with van der Waals surface area (Å²) in [5, 5.41) is 0. The van der Waals surface area contributed by atoms with Crippen LogP contribution >= 0.6 is 0 Å². The first kappa shape index (κ1) is 11.7. The number of amides is 1. The maximum Gasteiger partial charge on any atom is 0.565 e. The van der Waals surface area contributed by atoms with Gasteiger partial charge < -0.3 is 15.0 Å². The van der Waals surface area contributed by atoms with Crippen molar-refractivity contribution < 1.29 is 18.9 Å². The molecule has 2 N–H and O–H groups in total. The third kappa shape index (κ3) is 2.31. The Morgan fingerprint density at radius 1 is 1.53 bits per heavy atom. The lowest BCUT2D eigenvalue weighted by Gasteiger charge is -2.07. The number of fused-ring (bicyclic) bond motifs is 1. The third-order valence-corrected chi connectivity index (χ3v) is 2.60. The quantitative estimate of drug-likeness (QED) is 0.743. The second kappa shape index (κ2) is 4.59. The van der Waals surface area contributed by atoms with Crippen molar-refractivity contribution in [1.29, 1.82) is 0 Å². The van der Waals surface area contributed by atoms with Crippen molar-refractivity contribution in [3.8, 4) is 0 Å². The van der Waals surface area contributed by atoms with Gasteiger partial charge in [0.15, 0.2) is 0 Å². The molecule has 5 nitrogen and oxygen atoms in total. The van der Waals surface area contributed by atoms with Crippen LogP contribution in [0.4, 0.5) is 0 Å². The lowest BCUT2D eigenvalue weighted by Crippen LogP contribution is -2.35. The number of hydrogen-bond donors (Lipinski definition) is 1. The zero-order valence-electron chi connectivity index (χ0n) is 9.43. The standard InChI is InChI=1S/C11H12BNO4/c1-2-10(14)17-12-9-5-7(11(13)15)3-4-8(9)6-16-12/h3-5H,2,6H2,1H3,(H2,13,15). The van der Waals surface area contributed by atoms with Crippen LogP contribution in [0, 0.1) is 0 Å². The van der Waals surface area contributed by atoms with Crippen molar-refractivity contribution in [2.24, 2.45) is 5.73 Å². The van der Waals surface area contributed by atoms with E-state index in [1.54, 1.807) is 25.1 Å². The highest BCUT2D eigenvalue weighted by molar-refractivity contribution is 6.64. The van der Waals surface area contributed by atoms with Gasteiger partial charge in [-0.25, -0.2) is 0 Å². The largest absolute Gasteiger partial charge is 0.565 e. The predicted molar refractivity (Wildman–Crippen MR) is 61.5 cm³/mol. The molecule has 0 fully saturated rings. The molecule has 2 rings (SSSR count). The first-order valence-corrected chi connectivity index (χ1v) is 5.35. The lowest BCUT2D eigenvalue weighted by molar-refractivity contribution is -0.135. The monoisotopic (exact) mass is 233 g/mol. The third-order valence-electron chi connectivity index (χ3n) is 2.60. The molecule has 0 atom stereocenters. The molecule has 0 saturated carbocycles. The van der Waals surface area contributed by atoms with Gasteiger partial charge in [-0.1, -0.05) is 13.0 Å². The highest BCUT2D eigenvalue weighted by Gasteiger charge is 2.34. The Labute approximate surface area is 99.0 Å². The minimum absolute atomic E-state index is 0.282. The van der Waals surface area contributed by atoms with Crippen molar-refractivity contribution in [2.75, 3.05) is 0 Å². The van der Waals surface area contributed by atoms with Crippen LogP contribution in [0.3, 0.4) is 0 Å². The van der Waals surface area contributed by atoms with E-state index in [1.807, 2.05) is 0 Å². The average Bonchev–Trinajstić information content (AvgIpc) is 2.71. The molecule has 0 aliphatic carbocycles. The maximum atomic E-state index is 11.2. The van der Waals surface area contributed by atoms with Gasteiger partial charge in [0.25, 0.3) is 5.97 Å². The molecule has 0 radical (unpaired) electrons. The summed E-state index contributed by atoms with van der Waals surface area (Å²) in [7, 11) is -0.725. The summed E-state index contributed by atoms with van der Waals surface area (Å²) < 4.78 is 10.4. The van der Waals surface area contributed by atoms with Gasteiger partial charge in [0.05, 0.1) is 6.61 Å². The second-order valence-electron chi connectivity index (χ2n) is 3.76. The van der Waals surface area contributed by atoms with E-state index in [0.29, 0.717) is 17.6 Å². The zero-order valence-corrected chi connectivity index (χ0v) is 9.43. The fraction of sp³-hybridized carbons (Fsp3) is 0.273. The van der Waals surface area contributed by atoms with Crippen LogP contribution in [0.15, 0.2) is 18.2 Å². The number of carbonyl (C=O) groups excluding carboxylic acids is 2. The molecular weight excluding hydrogens is 221 g/mol. The normalized spacial score (nSPS) is 13.4. The van der Waals surface area contributed by atoms with Gasteiger partial charge >= 0.3 is 7.12 Å². The Balaban J connectivity index is 2.26. The van der Waals surface area contributed by atoms with E-state index >= 15 is 0 Å². The molecule has 1 aromatic carbocycles. The van der Waals surface area contributed by atoms with Crippen LogP contribution in [0.2, 0.25) is 0 Å². The maximum absolute atomic E-state index is 11.2. The van der Waals surface area contributed by atoms with Crippen LogP contribution in [-0.4, -0.2) is 19.0 Å². The molecule has 17 heavy (non-hydrogen) atoms. The molecule has 1 aromatic rings. The molecular formula is C11H12BNO4. The Kier molecular flexibility index (Phi) is 3.15. The molecule has 1 aliphatic heterocycles. The summed E-state index contributed by atoms with van der Waals surface area (Å²) in [4.78, 5) is 22.3. The molecule has 1 aliphatic rings. The number of primary amides is 1. The predicted octanol–water partition coefficient (Wildman–Crippen LogP) is -0.0359. The number of carbonyl (C=O) groups is 2. The van der Waals surface area contributed by atoms with E-state index in [2.05, 4.69) is 0 Å². The van der Waals surface area contributed by atoms with Crippen molar-refractivity contribution in [3.63, 3.8) is 0 Å². The Bertz CT molecular complexity index is 475. The fourth-order valence-electron chi connectivity index (χ4n) is 1.65. The lowest BCUT2D eigenvalue weighted by atomic mass is 9.78. The van der Waals surface area contributed by atoms with E-state index in [1.165, 1.54) is 0 Å². The summed E-state index contributed by atoms with van der Waals surface area (Å²) in [6.07, 6.45) is 0.282. The van der Waals surface area contributed by atoms with E-state index in [-0.39, 0.29) is 12.4 Å². The summed E-state index contributed by atoms with van der Waals surface area (Å²) in [5.74, 6) is -0.854. The van der Waals surface area contributed by atoms with Gasteiger partial charge in [0, 0.05) is 17.4 Å². The summed E-state index contributed by atoms with van der Waals surface area (Å²) in [6, 6.07) is 5.00. The van der Waals surface area contributed by atoms with E-state index in [0.717, 1.165) is 5.56 Å². The van der Waals surface area contributed by atoms with E-state index < -0.39 is 13.0 Å². The summed E-state index contributed by atoms with van der Waals surface area (Å²) in [6.45, 7) is 2.08. The fourth-order valence-corrected chi connectivity index (χ4v) is 1.65. The van der Waals surface area contributed by atoms with Gasteiger partial charge in [-0.15, -0.1) is 0 Å². The minimum atomic E-state index is -0.725. The average molecular weight is 233 g/mol. The van der Waals surface area contributed by atoms with Crippen LogP contribution in [0.5, 0.6) is 0 Å². The van der Waals surface area contributed by atoms with E-state index in [9.17, 15) is 9.59 Å². The molecule has 0 saturated heterocycles. The van der Waals surface area contributed by atoms with Crippen LogP contribution in [-0.2, 0) is 20.7 Å². The van der Waals surface area contributed by atoms with Crippen molar-refractivity contribution in [2.45, 2.75) is 20.0 Å². The molecule has 6 heteroatoms. The van der Waals surface area contributed by atoms with Gasteiger partial charge in [-0.3, -0.25) is 9.59 Å². The smallest absolute Gasteiger partial charge is 0.506 e. The molecule has 88 valence electrons. The zero-order chi connectivity index (χ0) is 12.4. The topological polar surface area (TPSA) is 78.6 Å². The Morgan fingerprint density at radius 2 is 2.29 bits per heavy atom. The first-order valence-electron chi connectivity index (χ1n) is 5.35. The van der Waals surface area contributed by atoms with Gasteiger partial charge in [-0.2, -0.15) is 0 Å². The molecule has 0 unspecified atom stereocenters. The molecule has 0 bridgehead atoms. The Morgan fingerprint density at radius 3 is 2.94 bits per heavy atom. The second-order valence-corrected chi connectivity index (χ2v) is 3.76. The molecule has 0 spiro atoms.